The molecule has 0 saturated carbocycles. The van der Waals surface area contributed by atoms with Crippen molar-refractivity contribution in [3.05, 3.63) is 71.3 Å². The first-order chi connectivity index (χ1) is 15.4. The van der Waals surface area contributed by atoms with Gasteiger partial charge in [-0.2, -0.15) is 0 Å². The number of carbonyl (C=O) groups is 1. The smallest absolute Gasteiger partial charge is 0.253 e. The van der Waals surface area contributed by atoms with E-state index in [4.69, 9.17) is 4.99 Å². The highest BCUT2D eigenvalue weighted by Gasteiger charge is 2.10. The van der Waals surface area contributed by atoms with Gasteiger partial charge in [0.15, 0.2) is 5.96 Å². The molecule has 0 aromatic heterocycles. The second-order valence-corrected chi connectivity index (χ2v) is 8.38. The standard InChI is InChI=1S/C26H39N5O/c1-6-27-26(28-17-15-21(2)31(5)20-23-11-8-7-9-12-23)29-18-16-22-13-10-14-24(19-22)25(32)30(3)4/h7-14,19,21H,6,15-18,20H2,1-5H3,(H2,27,28,29). The summed E-state index contributed by atoms with van der Waals surface area (Å²) in [6.45, 7) is 7.61. The maximum absolute atomic E-state index is 12.2. The Balaban J connectivity index is 1.81. The maximum Gasteiger partial charge on any atom is 0.253 e. The van der Waals surface area contributed by atoms with Gasteiger partial charge in [0.2, 0.25) is 0 Å². The number of hydrogen-bond donors (Lipinski definition) is 2. The highest BCUT2D eigenvalue weighted by atomic mass is 16.2. The quantitative estimate of drug-likeness (QED) is 0.418. The summed E-state index contributed by atoms with van der Waals surface area (Å²) in [6.07, 6.45) is 1.82. The molecule has 0 fully saturated rings. The Morgan fingerprint density at radius 1 is 1.00 bits per heavy atom. The monoisotopic (exact) mass is 437 g/mol. The van der Waals surface area contributed by atoms with Gasteiger partial charge in [-0.3, -0.25) is 14.7 Å². The molecule has 0 saturated heterocycles. The number of benzene rings is 2. The van der Waals surface area contributed by atoms with E-state index < -0.39 is 0 Å². The predicted molar refractivity (Wildman–Crippen MR) is 134 cm³/mol. The molecule has 1 amide bonds. The molecule has 0 heterocycles. The fraction of sp³-hybridized carbons (Fsp3) is 0.462. The van der Waals surface area contributed by atoms with E-state index in [1.165, 1.54) is 5.56 Å². The fourth-order valence-corrected chi connectivity index (χ4v) is 3.40. The average Bonchev–Trinajstić information content (AvgIpc) is 2.79. The number of nitrogens with zero attached hydrogens (tertiary/aromatic N) is 3. The number of amides is 1. The zero-order valence-electron chi connectivity index (χ0n) is 20.3. The van der Waals surface area contributed by atoms with Gasteiger partial charge >= 0.3 is 0 Å². The first-order valence-electron chi connectivity index (χ1n) is 11.5. The van der Waals surface area contributed by atoms with Crippen molar-refractivity contribution in [2.75, 3.05) is 40.8 Å². The average molecular weight is 438 g/mol. The van der Waals surface area contributed by atoms with Gasteiger partial charge < -0.3 is 15.5 Å². The second-order valence-electron chi connectivity index (χ2n) is 8.38. The minimum absolute atomic E-state index is 0.0288. The Hall–Kier alpha value is -2.86. The van der Waals surface area contributed by atoms with Gasteiger partial charge in [0, 0.05) is 51.9 Å². The minimum Gasteiger partial charge on any atom is -0.357 e. The molecule has 174 valence electrons. The zero-order valence-corrected chi connectivity index (χ0v) is 20.3. The number of hydrogen-bond acceptors (Lipinski definition) is 3. The molecule has 2 N–H and O–H groups in total. The molecule has 2 aromatic carbocycles. The van der Waals surface area contributed by atoms with Crippen molar-refractivity contribution in [3.8, 4) is 0 Å². The van der Waals surface area contributed by atoms with Crippen LogP contribution in [0.25, 0.3) is 0 Å². The van der Waals surface area contributed by atoms with Crippen molar-refractivity contribution in [1.82, 2.24) is 20.4 Å². The van der Waals surface area contributed by atoms with Crippen LogP contribution < -0.4 is 10.6 Å². The summed E-state index contributed by atoms with van der Waals surface area (Å²) in [4.78, 5) is 20.9. The first kappa shape index (κ1) is 25.4. The minimum atomic E-state index is 0.0288. The van der Waals surface area contributed by atoms with E-state index in [1.807, 2.05) is 18.2 Å². The SMILES string of the molecule is CCNC(=NCCC(C)N(C)Cc1ccccc1)NCCc1cccc(C(=O)N(C)C)c1. The summed E-state index contributed by atoms with van der Waals surface area (Å²) in [5.74, 6) is 0.868. The summed E-state index contributed by atoms with van der Waals surface area (Å²) in [6, 6.07) is 18.8. The first-order valence-corrected chi connectivity index (χ1v) is 11.5. The normalized spacial score (nSPS) is 12.5. The highest BCUT2D eigenvalue weighted by Crippen LogP contribution is 2.09. The van der Waals surface area contributed by atoms with Gasteiger partial charge in [-0.25, -0.2) is 0 Å². The lowest BCUT2D eigenvalue weighted by Gasteiger charge is -2.24. The third-order valence-corrected chi connectivity index (χ3v) is 5.47. The summed E-state index contributed by atoms with van der Waals surface area (Å²) in [5, 5.41) is 6.73. The van der Waals surface area contributed by atoms with Crippen molar-refractivity contribution < 1.29 is 4.79 Å². The molecule has 6 nitrogen and oxygen atoms in total. The molecule has 2 aromatic rings. The van der Waals surface area contributed by atoms with E-state index in [9.17, 15) is 4.79 Å². The second kappa shape index (κ2) is 13.5. The maximum atomic E-state index is 12.2. The van der Waals surface area contributed by atoms with Crippen LogP contribution >= 0.6 is 0 Å². The van der Waals surface area contributed by atoms with Crippen molar-refractivity contribution >= 4 is 11.9 Å². The topological polar surface area (TPSA) is 60.0 Å². The largest absolute Gasteiger partial charge is 0.357 e. The Morgan fingerprint density at radius 3 is 2.41 bits per heavy atom. The van der Waals surface area contributed by atoms with Gasteiger partial charge in [-0.05, 0) is 57.0 Å². The van der Waals surface area contributed by atoms with Gasteiger partial charge in [0.25, 0.3) is 5.91 Å². The Kier molecular flexibility index (Phi) is 10.7. The lowest BCUT2D eigenvalue weighted by Crippen LogP contribution is -2.38. The van der Waals surface area contributed by atoms with Crippen LogP contribution in [-0.2, 0) is 13.0 Å². The van der Waals surface area contributed by atoms with Crippen LogP contribution in [0.3, 0.4) is 0 Å². The van der Waals surface area contributed by atoms with Crippen LogP contribution in [0, 0.1) is 0 Å². The van der Waals surface area contributed by atoms with Crippen molar-refractivity contribution in [2.24, 2.45) is 4.99 Å². The predicted octanol–water partition coefficient (Wildman–Crippen LogP) is 3.40. The van der Waals surface area contributed by atoms with Crippen molar-refractivity contribution in [2.45, 2.75) is 39.3 Å². The molecular formula is C26H39N5O. The summed E-state index contributed by atoms with van der Waals surface area (Å²) < 4.78 is 0. The summed E-state index contributed by atoms with van der Waals surface area (Å²) in [7, 11) is 5.71. The number of carbonyl (C=O) groups excluding carboxylic acids is 1. The third kappa shape index (κ3) is 8.71. The molecule has 32 heavy (non-hydrogen) atoms. The number of rotatable bonds is 11. The molecule has 6 heteroatoms. The summed E-state index contributed by atoms with van der Waals surface area (Å²) >= 11 is 0. The lowest BCUT2D eigenvalue weighted by molar-refractivity contribution is 0.0827. The molecule has 0 spiro atoms. The van der Waals surface area contributed by atoms with E-state index in [2.05, 4.69) is 72.8 Å². The Bertz CT molecular complexity index is 850. The Labute approximate surface area is 193 Å². The molecule has 0 aliphatic heterocycles. The van der Waals surface area contributed by atoms with E-state index in [0.717, 1.165) is 56.1 Å². The lowest BCUT2D eigenvalue weighted by atomic mass is 10.1. The fourth-order valence-electron chi connectivity index (χ4n) is 3.40. The van der Waals surface area contributed by atoms with Crippen molar-refractivity contribution in [1.29, 1.82) is 0 Å². The molecule has 1 atom stereocenters. The molecule has 0 bridgehead atoms. The van der Waals surface area contributed by atoms with Crippen LogP contribution in [0.15, 0.2) is 59.6 Å². The third-order valence-electron chi connectivity index (χ3n) is 5.47. The van der Waals surface area contributed by atoms with Crippen molar-refractivity contribution in [3.63, 3.8) is 0 Å². The highest BCUT2D eigenvalue weighted by molar-refractivity contribution is 5.94. The van der Waals surface area contributed by atoms with Crippen LogP contribution in [0.5, 0.6) is 0 Å². The van der Waals surface area contributed by atoms with Gasteiger partial charge in [-0.1, -0.05) is 42.5 Å². The number of aliphatic imine (C=N–C) groups is 1. The van der Waals surface area contributed by atoms with Crippen LogP contribution in [0.4, 0.5) is 0 Å². The summed E-state index contributed by atoms with van der Waals surface area (Å²) in [5.41, 5.74) is 3.19. The molecule has 0 aliphatic rings. The van der Waals surface area contributed by atoms with Crippen LogP contribution in [0.1, 0.15) is 41.8 Å². The zero-order chi connectivity index (χ0) is 23.3. The molecular weight excluding hydrogens is 398 g/mol. The van der Waals surface area contributed by atoms with Gasteiger partial charge in [-0.15, -0.1) is 0 Å². The van der Waals surface area contributed by atoms with E-state index in [0.29, 0.717) is 6.04 Å². The van der Waals surface area contributed by atoms with Crippen LogP contribution in [-0.4, -0.2) is 68.5 Å². The molecule has 2 rings (SSSR count). The van der Waals surface area contributed by atoms with Crippen LogP contribution in [0.2, 0.25) is 0 Å². The molecule has 0 aliphatic carbocycles. The molecule has 1 unspecified atom stereocenters. The van der Waals surface area contributed by atoms with Gasteiger partial charge in [0.1, 0.15) is 0 Å². The number of guanidine groups is 1. The van der Waals surface area contributed by atoms with E-state index >= 15 is 0 Å². The molecule has 0 radical (unpaired) electrons. The van der Waals surface area contributed by atoms with E-state index in [1.54, 1.807) is 19.0 Å². The Morgan fingerprint density at radius 2 is 1.72 bits per heavy atom. The van der Waals surface area contributed by atoms with Gasteiger partial charge in [0.05, 0.1) is 0 Å². The van der Waals surface area contributed by atoms with E-state index in [-0.39, 0.29) is 5.91 Å². The number of nitrogens with one attached hydrogen (secondary N) is 2.